The number of piperidine rings is 1. The van der Waals surface area contributed by atoms with Crippen molar-refractivity contribution in [3.8, 4) is 0 Å². The second-order valence-electron chi connectivity index (χ2n) is 5.10. The SMILES string of the molecule is CCS(=O)(=O)N1CCC(NC(=O)C(C)=C(C)C(=O)O)CC1. The lowest BCUT2D eigenvalue weighted by Gasteiger charge is -2.31. The Bertz CT molecular complexity index is 545. The van der Waals surface area contributed by atoms with Crippen LogP contribution in [0.3, 0.4) is 0 Å². The number of rotatable bonds is 5. The van der Waals surface area contributed by atoms with E-state index in [0.29, 0.717) is 25.9 Å². The highest BCUT2D eigenvalue weighted by atomic mass is 32.2. The van der Waals surface area contributed by atoms with Gasteiger partial charge >= 0.3 is 5.97 Å². The molecule has 21 heavy (non-hydrogen) atoms. The summed E-state index contributed by atoms with van der Waals surface area (Å²) in [6.45, 7) is 5.21. The van der Waals surface area contributed by atoms with Gasteiger partial charge in [-0.05, 0) is 33.6 Å². The fourth-order valence-corrected chi connectivity index (χ4v) is 3.22. The predicted octanol–water partition coefficient (Wildman–Crippen LogP) is 0.338. The smallest absolute Gasteiger partial charge is 0.331 e. The van der Waals surface area contributed by atoms with Crippen LogP contribution in [0.25, 0.3) is 0 Å². The molecular weight excluding hydrogens is 296 g/mol. The van der Waals surface area contributed by atoms with Gasteiger partial charge in [0, 0.05) is 30.3 Å². The van der Waals surface area contributed by atoms with Crippen molar-refractivity contribution in [2.75, 3.05) is 18.8 Å². The number of aliphatic carboxylic acids is 1. The van der Waals surface area contributed by atoms with Crippen LogP contribution in [0.15, 0.2) is 11.1 Å². The third-order valence-electron chi connectivity index (χ3n) is 3.77. The van der Waals surface area contributed by atoms with Crippen molar-refractivity contribution in [2.45, 2.75) is 39.7 Å². The van der Waals surface area contributed by atoms with Crippen LogP contribution in [0.2, 0.25) is 0 Å². The predicted molar refractivity (Wildman–Crippen MR) is 78.2 cm³/mol. The molecule has 8 heteroatoms. The number of hydrogen-bond acceptors (Lipinski definition) is 4. The topological polar surface area (TPSA) is 104 Å². The van der Waals surface area contributed by atoms with Gasteiger partial charge in [-0.25, -0.2) is 17.5 Å². The number of nitrogens with one attached hydrogen (secondary N) is 1. The van der Waals surface area contributed by atoms with Crippen molar-refractivity contribution in [3.05, 3.63) is 11.1 Å². The van der Waals surface area contributed by atoms with E-state index in [-0.39, 0.29) is 22.9 Å². The zero-order chi connectivity index (χ0) is 16.2. The Balaban J connectivity index is 2.59. The minimum Gasteiger partial charge on any atom is -0.478 e. The summed E-state index contributed by atoms with van der Waals surface area (Å²) in [4.78, 5) is 22.7. The van der Waals surface area contributed by atoms with Gasteiger partial charge in [-0.1, -0.05) is 0 Å². The van der Waals surface area contributed by atoms with E-state index in [9.17, 15) is 18.0 Å². The minimum absolute atomic E-state index is 0.0125. The molecule has 0 aromatic rings. The molecule has 1 aliphatic rings. The summed E-state index contributed by atoms with van der Waals surface area (Å²) < 4.78 is 24.9. The van der Waals surface area contributed by atoms with E-state index in [4.69, 9.17) is 5.11 Å². The molecule has 1 rings (SSSR count). The molecule has 0 unspecified atom stereocenters. The number of carbonyl (C=O) groups is 2. The lowest BCUT2D eigenvalue weighted by atomic mass is 10.1. The molecule has 0 saturated carbocycles. The standard InChI is InChI=1S/C13H22N2O5S/c1-4-21(19,20)15-7-5-11(6-8-15)14-12(16)9(2)10(3)13(17)18/h11H,4-8H2,1-3H3,(H,14,16)(H,17,18). The van der Waals surface area contributed by atoms with Gasteiger partial charge in [-0.3, -0.25) is 4.79 Å². The van der Waals surface area contributed by atoms with E-state index in [1.54, 1.807) is 6.92 Å². The molecule has 0 aromatic carbocycles. The van der Waals surface area contributed by atoms with Crippen molar-refractivity contribution in [2.24, 2.45) is 0 Å². The van der Waals surface area contributed by atoms with Crippen molar-refractivity contribution < 1.29 is 23.1 Å². The molecule has 1 heterocycles. The number of hydrogen-bond donors (Lipinski definition) is 2. The summed E-state index contributed by atoms with van der Waals surface area (Å²) in [5, 5.41) is 11.6. The van der Waals surface area contributed by atoms with Crippen molar-refractivity contribution in [3.63, 3.8) is 0 Å². The number of carboxylic acids is 1. The largest absolute Gasteiger partial charge is 0.478 e. The van der Waals surface area contributed by atoms with Gasteiger partial charge in [-0.2, -0.15) is 0 Å². The van der Waals surface area contributed by atoms with Crippen molar-refractivity contribution in [1.29, 1.82) is 0 Å². The zero-order valence-electron chi connectivity index (χ0n) is 12.5. The van der Waals surface area contributed by atoms with E-state index >= 15 is 0 Å². The molecule has 120 valence electrons. The maximum Gasteiger partial charge on any atom is 0.331 e. The lowest BCUT2D eigenvalue weighted by Crippen LogP contribution is -2.47. The Hall–Kier alpha value is -1.41. The zero-order valence-corrected chi connectivity index (χ0v) is 13.4. The van der Waals surface area contributed by atoms with Crippen LogP contribution in [0, 0.1) is 0 Å². The third kappa shape index (κ3) is 4.53. The van der Waals surface area contributed by atoms with Gasteiger partial charge in [0.05, 0.1) is 5.75 Å². The van der Waals surface area contributed by atoms with E-state index < -0.39 is 21.9 Å². The van der Waals surface area contributed by atoms with Gasteiger partial charge in [0.1, 0.15) is 0 Å². The molecule has 0 spiro atoms. The number of nitrogens with zero attached hydrogens (tertiary/aromatic N) is 1. The Morgan fingerprint density at radius 1 is 1.19 bits per heavy atom. The molecule has 0 aliphatic carbocycles. The Morgan fingerprint density at radius 3 is 2.14 bits per heavy atom. The molecule has 0 aromatic heterocycles. The molecule has 1 saturated heterocycles. The first-order valence-electron chi connectivity index (χ1n) is 6.88. The number of carboxylic acid groups (broad SMARTS) is 1. The Morgan fingerprint density at radius 2 is 1.71 bits per heavy atom. The number of sulfonamides is 1. The maximum atomic E-state index is 11.9. The van der Waals surface area contributed by atoms with Gasteiger partial charge in [0.2, 0.25) is 15.9 Å². The van der Waals surface area contributed by atoms with E-state index in [1.807, 2.05) is 0 Å². The highest BCUT2D eigenvalue weighted by molar-refractivity contribution is 7.89. The maximum absolute atomic E-state index is 11.9. The number of amides is 1. The van der Waals surface area contributed by atoms with Crippen molar-refractivity contribution >= 4 is 21.9 Å². The van der Waals surface area contributed by atoms with Gasteiger partial charge in [-0.15, -0.1) is 0 Å². The Kier molecular flexibility index (Phi) is 5.91. The summed E-state index contributed by atoms with van der Waals surface area (Å²) in [6.07, 6.45) is 1.06. The molecule has 0 atom stereocenters. The van der Waals surface area contributed by atoms with E-state index in [2.05, 4.69) is 5.32 Å². The molecule has 1 fully saturated rings. The van der Waals surface area contributed by atoms with Crippen LogP contribution in [-0.2, 0) is 19.6 Å². The average molecular weight is 318 g/mol. The molecule has 1 amide bonds. The van der Waals surface area contributed by atoms with Gasteiger partial charge < -0.3 is 10.4 Å². The highest BCUT2D eigenvalue weighted by Gasteiger charge is 2.27. The molecule has 2 N–H and O–H groups in total. The summed E-state index contributed by atoms with van der Waals surface area (Å²) in [5.74, 6) is -1.46. The van der Waals surface area contributed by atoms with Crippen LogP contribution < -0.4 is 5.32 Å². The van der Waals surface area contributed by atoms with Crippen LogP contribution in [0.1, 0.15) is 33.6 Å². The second kappa shape index (κ2) is 7.04. The fraction of sp³-hybridized carbons (Fsp3) is 0.692. The van der Waals surface area contributed by atoms with Crippen LogP contribution in [0.5, 0.6) is 0 Å². The second-order valence-corrected chi connectivity index (χ2v) is 7.36. The van der Waals surface area contributed by atoms with Crippen molar-refractivity contribution in [1.82, 2.24) is 9.62 Å². The molecule has 0 bridgehead atoms. The van der Waals surface area contributed by atoms with Gasteiger partial charge in [0.25, 0.3) is 0 Å². The summed E-state index contributed by atoms with van der Waals surface area (Å²) in [5.41, 5.74) is 0.185. The first-order valence-corrected chi connectivity index (χ1v) is 8.49. The molecule has 7 nitrogen and oxygen atoms in total. The van der Waals surface area contributed by atoms with E-state index in [1.165, 1.54) is 18.2 Å². The molecular formula is C13H22N2O5S. The minimum atomic E-state index is -3.18. The fourth-order valence-electron chi connectivity index (χ4n) is 2.09. The highest BCUT2D eigenvalue weighted by Crippen LogP contribution is 2.15. The Labute approximate surface area is 125 Å². The summed E-state index contributed by atoms with van der Waals surface area (Å²) in [6, 6.07) is -0.127. The first-order chi connectivity index (χ1) is 9.69. The van der Waals surface area contributed by atoms with Crippen LogP contribution >= 0.6 is 0 Å². The summed E-state index contributed by atoms with van der Waals surface area (Å²) >= 11 is 0. The molecule has 0 radical (unpaired) electrons. The summed E-state index contributed by atoms with van der Waals surface area (Å²) in [7, 11) is -3.18. The quantitative estimate of drug-likeness (QED) is 0.711. The monoisotopic (exact) mass is 318 g/mol. The molecule has 1 aliphatic heterocycles. The average Bonchev–Trinajstić information content (AvgIpc) is 2.46. The van der Waals surface area contributed by atoms with Crippen LogP contribution in [-0.4, -0.2) is 54.6 Å². The first kappa shape index (κ1) is 17.6. The lowest BCUT2D eigenvalue weighted by molar-refractivity contribution is -0.133. The van der Waals surface area contributed by atoms with Gasteiger partial charge in [0.15, 0.2) is 0 Å². The third-order valence-corrected chi connectivity index (χ3v) is 5.65. The normalized spacial score (nSPS) is 19.0. The number of carbonyl (C=O) groups excluding carboxylic acids is 1. The van der Waals surface area contributed by atoms with E-state index in [0.717, 1.165) is 0 Å². The van der Waals surface area contributed by atoms with Crippen LogP contribution in [0.4, 0.5) is 0 Å².